The molecule has 2 aromatic rings. The number of amides is 1. The molecular formula is C20H20N2O5. The Balaban J connectivity index is 1.45. The van der Waals surface area contributed by atoms with Gasteiger partial charge in [0.05, 0.1) is 11.1 Å². The van der Waals surface area contributed by atoms with Crippen LogP contribution in [0.1, 0.15) is 20.7 Å². The minimum Gasteiger partial charge on any atom is -0.486 e. The first-order valence-corrected chi connectivity index (χ1v) is 8.89. The number of carboxylic acids is 1. The summed E-state index contributed by atoms with van der Waals surface area (Å²) in [6.07, 6.45) is 0. The summed E-state index contributed by atoms with van der Waals surface area (Å²) in [6.45, 7) is 3.50. The first-order valence-electron chi connectivity index (χ1n) is 8.89. The van der Waals surface area contributed by atoms with Gasteiger partial charge in [-0.05, 0) is 24.3 Å². The number of anilines is 1. The van der Waals surface area contributed by atoms with Crippen molar-refractivity contribution in [3.05, 3.63) is 53.6 Å². The predicted molar refractivity (Wildman–Crippen MR) is 98.9 cm³/mol. The lowest BCUT2D eigenvalue weighted by atomic mass is 10.1. The number of hydrogen-bond donors (Lipinski definition) is 1. The van der Waals surface area contributed by atoms with Gasteiger partial charge in [-0.25, -0.2) is 4.79 Å². The molecule has 7 nitrogen and oxygen atoms in total. The van der Waals surface area contributed by atoms with Gasteiger partial charge in [0.2, 0.25) is 0 Å². The third kappa shape index (κ3) is 3.40. The average Bonchev–Trinajstić information content (AvgIpc) is 2.73. The van der Waals surface area contributed by atoms with Crippen LogP contribution in [0.3, 0.4) is 0 Å². The first-order chi connectivity index (χ1) is 13.1. The summed E-state index contributed by atoms with van der Waals surface area (Å²) < 4.78 is 11.2. The van der Waals surface area contributed by atoms with E-state index < -0.39 is 5.97 Å². The van der Waals surface area contributed by atoms with Crippen molar-refractivity contribution in [1.82, 2.24) is 4.90 Å². The molecule has 1 N–H and O–H groups in total. The molecular weight excluding hydrogens is 348 g/mol. The van der Waals surface area contributed by atoms with Crippen molar-refractivity contribution < 1.29 is 24.2 Å². The molecule has 0 aliphatic carbocycles. The Labute approximate surface area is 156 Å². The van der Waals surface area contributed by atoms with Crippen molar-refractivity contribution >= 4 is 17.6 Å². The van der Waals surface area contributed by atoms with E-state index in [0.29, 0.717) is 39.4 Å². The zero-order valence-corrected chi connectivity index (χ0v) is 14.8. The van der Waals surface area contributed by atoms with Crippen LogP contribution in [0.25, 0.3) is 0 Å². The third-order valence-corrected chi connectivity index (χ3v) is 4.85. The molecule has 0 spiro atoms. The van der Waals surface area contributed by atoms with Crippen molar-refractivity contribution in [3.8, 4) is 11.5 Å². The Kier molecular flexibility index (Phi) is 4.58. The number of nitrogens with zero attached hydrogens (tertiary/aromatic N) is 2. The molecule has 0 saturated carbocycles. The Hall–Kier alpha value is -3.22. The van der Waals surface area contributed by atoms with E-state index in [4.69, 9.17) is 9.47 Å². The molecule has 7 heteroatoms. The highest BCUT2D eigenvalue weighted by molar-refractivity contribution is 6.04. The molecule has 4 rings (SSSR count). The van der Waals surface area contributed by atoms with Crippen molar-refractivity contribution in [1.29, 1.82) is 0 Å². The second-order valence-corrected chi connectivity index (χ2v) is 6.46. The molecule has 140 valence electrons. The molecule has 0 atom stereocenters. The highest BCUT2D eigenvalue weighted by Crippen LogP contribution is 2.34. The van der Waals surface area contributed by atoms with Crippen molar-refractivity contribution in [3.63, 3.8) is 0 Å². The van der Waals surface area contributed by atoms with Gasteiger partial charge in [-0.15, -0.1) is 0 Å². The predicted octanol–water partition coefficient (Wildman–Crippen LogP) is 2.12. The van der Waals surface area contributed by atoms with Gasteiger partial charge in [0, 0.05) is 37.9 Å². The summed E-state index contributed by atoms with van der Waals surface area (Å²) in [5.74, 6) is 0.167. The number of rotatable bonds is 3. The maximum absolute atomic E-state index is 12.8. The maximum Gasteiger partial charge on any atom is 0.336 e. The van der Waals surface area contributed by atoms with E-state index in [9.17, 15) is 14.7 Å². The average molecular weight is 368 g/mol. The van der Waals surface area contributed by atoms with Gasteiger partial charge in [-0.3, -0.25) is 4.79 Å². The van der Waals surface area contributed by atoms with Gasteiger partial charge in [0.1, 0.15) is 13.2 Å². The molecule has 1 fully saturated rings. The van der Waals surface area contributed by atoms with Crippen molar-refractivity contribution in [2.45, 2.75) is 0 Å². The Bertz CT molecular complexity index is 874. The molecule has 2 aromatic carbocycles. The van der Waals surface area contributed by atoms with E-state index in [1.165, 1.54) is 6.07 Å². The van der Waals surface area contributed by atoms with E-state index in [2.05, 4.69) is 4.90 Å². The van der Waals surface area contributed by atoms with Crippen molar-refractivity contribution in [2.75, 3.05) is 44.3 Å². The lowest BCUT2D eigenvalue weighted by Gasteiger charge is -2.36. The highest BCUT2D eigenvalue weighted by atomic mass is 16.6. The van der Waals surface area contributed by atoms with E-state index in [0.717, 1.165) is 17.2 Å². The number of hydrogen-bond acceptors (Lipinski definition) is 5. The molecule has 2 heterocycles. The van der Waals surface area contributed by atoms with E-state index in [-0.39, 0.29) is 17.0 Å². The van der Waals surface area contributed by atoms with E-state index in [1.54, 1.807) is 23.1 Å². The Morgan fingerprint density at radius 1 is 0.852 bits per heavy atom. The maximum atomic E-state index is 12.8. The van der Waals surface area contributed by atoms with E-state index >= 15 is 0 Å². The van der Waals surface area contributed by atoms with Crippen LogP contribution in [-0.2, 0) is 0 Å². The molecule has 0 aromatic heterocycles. The largest absolute Gasteiger partial charge is 0.486 e. The molecule has 2 aliphatic heterocycles. The minimum absolute atomic E-state index is 0.0387. The van der Waals surface area contributed by atoms with Gasteiger partial charge < -0.3 is 24.4 Å². The lowest BCUT2D eigenvalue weighted by molar-refractivity contribution is 0.0673. The topological polar surface area (TPSA) is 79.3 Å². The number of carboxylic acid groups (broad SMARTS) is 1. The Morgan fingerprint density at radius 3 is 2.22 bits per heavy atom. The highest BCUT2D eigenvalue weighted by Gasteiger charge is 2.26. The lowest BCUT2D eigenvalue weighted by Crippen LogP contribution is -2.49. The molecule has 0 bridgehead atoms. The van der Waals surface area contributed by atoms with Crippen LogP contribution in [0.5, 0.6) is 11.5 Å². The summed E-state index contributed by atoms with van der Waals surface area (Å²) in [7, 11) is 0. The fourth-order valence-electron chi connectivity index (χ4n) is 3.42. The van der Waals surface area contributed by atoms with Crippen LogP contribution in [0.4, 0.5) is 5.69 Å². The number of aromatic carboxylic acids is 1. The van der Waals surface area contributed by atoms with Crippen LogP contribution in [-0.4, -0.2) is 61.3 Å². The minimum atomic E-state index is -1.09. The van der Waals surface area contributed by atoms with Gasteiger partial charge in [0.15, 0.2) is 11.5 Å². The van der Waals surface area contributed by atoms with Crippen LogP contribution < -0.4 is 14.4 Å². The number of benzene rings is 2. The van der Waals surface area contributed by atoms with Crippen molar-refractivity contribution in [2.24, 2.45) is 0 Å². The number of carbonyl (C=O) groups is 2. The first kappa shape index (κ1) is 17.2. The number of ether oxygens (including phenoxy) is 2. The van der Waals surface area contributed by atoms with Gasteiger partial charge >= 0.3 is 5.97 Å². The molecule has 27 heavy (non-hydrogen) atoms. The second-order valence-electron chi connectivity index (χ2n) is 6.46. The Morgan fingerprint density at radius 2 is 1.52 bits per heavy atom. The zero-order valence-electron chi connectivity index (χ0n) is 14.8. The molecule has 0 unspecified atom stereocenters. The SMILES string of the molecule is O=C(O)c1ccccc1C(=O)N1CCN(c2ccc3c(c2)OCCO3)CC1. The summed E-state index contributed by atoms with van der Waals surface area (Å²) in [5, 5.41) is 9.30. The van der Waals surface area contributed by atoms with Crippen LogP contribution in [0.15, 0.2) is 42.5 Å². The molecule has 2 aliphatic rings. The third-order valence-electron chi connectivity index (χ3n) is 4.85. The molecule has 1 saturated heterocycles. The van der Waals surface area contributed by atoms with E-state index in [1.807, 2.05) is 18.2 Å². The fourth-order valence-corrected chi connectivity index (χ4v) is 3.42. The standard InChI is InChI=1S/C20H20N2O5/c23-19(15-3-1-2-4-16(15)20(24)25)22-9-7-21(8-10-22)14-5-6-17-18(13-14)27-12-11-26-17/h1-6,13H,7-12H2,(H,24,25). The summed E-state index contributed by atoms with van der Waals surface area (Å²) in [5.41, 5.74) is 1.30. The zero-order chi connectivity index (χ0) is 18.8. The normalized spacial score (nSPS) is 16.1. The van der Waals surface area contributed by atoms with Gasteiger partial charge in [-0.2, -0.15) is 0 Å². The molecule has 0 radical (unpaired) electrons. The monoisotopic (exact) mass is 368 g/mol. The number of carbonyl (C=O) groups excluding carboxylic acids is 1. The van der Waals surface area contributed by atoms with Crippen LogP contribution in [0, 0.1) is 0 Å². The van der Waals surface area contributed by atoms with Gasteiger partial charge in [-0.1, -0.05) is 12.1 Å². The molecule has 1 amide bonds. The second kappa shape index (κ2) is 7.19. The quantitative estimate of drug-likeness (QED) is 0.894. The summed E-state index contributed by atoms with van der Waals surface area (Å²) in [4.78, 5) is 28.0. The smallest absolute Gasteiger partial charge is 0.336 e. The summed E-state index contributed by atoms with van der Waals surface area (Å²) >= 11 is 0. The van der Waals surface area contributed by atoms with Crippen LogP contribution >= 0.6 is 0 Å². The van der Waals surface area contributed by atoms with Crippen LogP contribution in [0.2, 0.25) is 0 Å². The fraction of sp³-hybridized carbons (Fsp3) is 0.300. The van der Waals surface area contributed by atoms with Gasteiger partial charge in [0.25, 0.3) is 5.91 Å². The number of fused-ring (bicyclic) bond motifs is 1. The summed E-state index contributed by atoms with van der Waals surface area (Å²) in [6, 6.07) is 12.2. The number of piperazine rings is 1.